The molecule has 3 nitrogen and oxygen atoms in total. The molecule has 3 aliphatic rings. The average Bonchev–Trinajstić information content (AvgIpc) is 2.96. The zero-order valence-electron chi connectivity index (χ0n) is 14.0. The molecule has 0 bridgehead atoms. The third-order valence-electron chi connectivity index (χ3n) is 6.13. The number of carbonyl (C=O) groups excluding carboxylic acids is 1. The Hall–Kier alpha value is -0.570. The molecule has 1 N–H and O–H groups in total. The molecule has 0 aromatic rings. The minimum Gasteiger partial charge on any atom is -0.322 e. The summed E-state index contributed by atoms with van der Waals surface area (Å²) in [4.78, 5) is 15.6. The molecule has 3 rings (SSSR count). The smallest absolute Gasteiger partial charge is 0.244 e. The first-order valence-corrected chi connectivity index (χ1v) is 9.16. The Labute approximate surface area is 129 Å². The molecule has 1 saturated heterocycles. The highest BCUT2D eigenvalue weighted by Crippen LogP contribution is 2.41. The number of carbonyl (C=O) groups is 1. The lowest BCUT2D eigenvalue weighted by Gasteiger charge is -2.37. The van der Waals surface area contributed by atoms with Crippen LogP contribution >= 0.6 is 0 Å². The lowest BCUT2D eigenvalue weighted by atomic mass is 9.92. The fraction of sp³-hybridized carbons (Fsp3) is 0.944. The summed E-state index contributed by atoms with van der Waals surface area (Å²) < 4.78 is 0. The average molecular weight is 292 g/mol. The van der Waals surface area contributed by atoms with Gasteiger partial charge in [0.1, 0.15) is 0 Å². The van der Waals surface area contributed by atoms with Crippen molar-refractivity contribution in [2.75, 3.05) is 0 Å². The molecule has 21 heavy (non-hydrogen) atoms. The standard InChI is InChI=1S/C18H32N2O/c1-13(2)16-19-18(11-7-8-12-18)17(21)20(16)15-10-6-4-5-9-14(15)3/h13-16,19H,4-12H2,1-3H3. The number of hydrogen-bond donors (Lipinski definition) is 1. The number of nitrogens with one attached hydrogen (secondary N) is 1. The van der Waals surface area contributed by atoms with Gasteiger partial charge in [-0.2, -0.15) is 0 Å². The van der Waals surface area contributed by atoms with Gasteiger partial charge >= 0.3 is 0 Å². The Balaban J connectivity index is 1.88. The maximum atomic E-state index is 13.3. The monoisotopic (exact) mass is 292 g/mol. The van der Waals surface area contributed by atoms with Crippen molar-refractivity contribution in [3.8, 4) is 0 Å². The Morgan fingerprint density at radius 2 is 1.76 bits per heavy atom. The Kier molecular flexibility index (Phi) is 4.31. The summed E-state index contributed by atoms with van der Waals surface area (Å²) >= 11 is 0. The molecule has 3 fully saturated rings. The highest BCUT2D eigenvalue weighted by atomic mass is 16.2. The van der Waals surface area contributed by atoms with Crippen LogP contribution in [0.4, 0.5) is 0 Å². The van der Waals surface area contributed by atoms with Crippen LogP contribution < -0.4 is 5.32 Å². The van der Waals surface area contributed by atoms with Crippen LogP contribution in [0.25, 0.3) is 0 Å². The Morgan fingerprint density at radius 1 is 1.10 bits per heavy atom. The first-order chi connectivity index (χ1) is 10.1. The molecule has 1 amide bonds. The van der Waals surface area contributed by atoms with Crippen molar-refractivity contribution >= 4 is 5.91 Å². The summed E-state index contributed by atoms with van der Waals surface area (Å²) in [5.74, 6) is 1.57. The van der Waals surface area contributed by atoms with Gasteiger partial charge in [0.2, 0.25) is 5.91 Å². The van der Waals surface area contributed by atoms with Crippen LogP contribution in [0.15, 0.2) is 0 Å². The molecular weight excluding hydrogens is 260 g/mol. The number of nitrogens with zero attached hydrogens (tertiary/aromatic N) is 1. The third-order valence-corrected chi connectivity index (χ3v) is 6.13. The van der Waals surface area contributed by atoms with Gasteiger partial charge in [-0.1, -0.05) is 52.9 Å². The molecule has 0 aromatic carbocycles. The van der Waals surface area contributed by atoms with Crippen LogP contribution in [-0.4, -0.2) is 28.6 Å². The topological polar surface area (TPSA) is 32.3 Å². The van der Waals surface area contributed by atoms with Crippen LogP contribution in [0.2, 0.25) is 0 Å². The van der Waals surface area contributed by atoms with Gasteiger partial charge in [0, 0.05) is 6.04 Å². The van der Waals surface area contributed by atoms with Gasteiger partial charge in [0.15, 0.2) is 0 Å². The molecule has 3 heteroatoms. The van der Waals surface area contributed by atoms with E-state index in [0.717, 1.165) is 12.8 Å². The van der Waals surface area contributed by atoms with Crippen molar-refractivity contribution in [1.29, 1.82) is 0 Å². The molecular formula is C18H32N2O. The molecule has 1 aliphatic heterocycles. The van der Waals surface area contributed by atoms with E-state index >= 15 is 0 Å². The Bertz CT molecular complexity index is 387. The number of hydrogen-bond acceptors (Lipinski definition) is 2. The lowest BCUT2D eigenvalue weighted by Crippen LogP contribution is -2.49. The van der Waals surface area contributed by atoms with Gasteiger partial charge in [-0.05, 0) is 37.5 Å². The predicted molar refractivity (Wildman–Crippen MR) is 85.8 cm³/mol. The van der Waals surface area contributed by atoms with Gasteiger partial charge in [-0.3, -0.25) is 10.1 Å². The zero-order valence-corrected chi connectivity index (χ0v) is 14.0. The maximum absolute atomic E-state index is 13.3. The summed E-state index contributed by atoms with van der Waals surface area (Å²) in [6, 6.07) is 0.458. The van der Waals surface area contributed by atoms with Crippen LogP contribution in [0, 0.1) is 11.8 Å². The molecule has 120 valence electrons. The largest absolute Gasteiger partial charge is 0.322 e. The summed E-state index contributed by atoms with van der Waals surface area (Å²) in [5.41, 5.74) is -0.207. The second-order valence-corrected chi connectivity index (χ2v) is 8.02. The van der Waals surface area contributed by atoms with Crippen molar-refractivity contribution in [3.63, 3.8) is 0 Å². The highest BCUT2D eigenvalue weighted by Gasteiger charge is 2.55. The minimum absolute atomic E-state index is 0.207. The summed E-state index contributed by atoms with van der Waals surface area (Å²) in [6.07, 6.45) is 11.2. The highest BCUT2D eigenvalue weighted by molar-refractivity contribution is 5.89. The van der Waals surface area contributed by atoms with Crippen molar-refractivity contribution < 1.29 is 4.79 Å². The van der Waals surface area contributed by atoms with Crippen LogP contribution in [0.3, 0.4) is 0 Å². The second-order valence-electron chi connectivity index (χ2n) is 8.02. The molecule has 2 aliphatic carbocycles. The lowest BCUT2D eigenvalue weighted by molar-refractivity contribution is -0.137. The van der Waals surface area contributed by atoms with Crippen molar-refractivity contribution in [3.05, 3.63) is 0 Å². The van der Waals surface area contributed by atoms with E-state index in [1.54, 1.807) is 0 Å². The van der Waals surface area contributed by atoms with Crippen molar-refractivity contribution in [2.24, 2.45) is 11.8 Å². The molecule has 2 saturated carbocycles. The van der Waals surface area contributed by atoms with E-state index < -0.39 is 0 Å². The molecule has 1 heterocycles. The minimum atomic E-state index is -0.207. The van der Waals surface area contributed by atoms with E-state index in [1.165, 1.54) is 44.9 Å². The van der Waals surface area contributed by atoms with Gasteiger partial charge in [-0.25, -0.2) is 0 Å². The van der Waals surface area contributed by atoms with E-state index in [0.29, 0.717) is 23.8 Å². The number of amides is 1. The molecule has 3 atom stereocenters. The van der Waals surface area contributed by atoms with Crippen molar-refractivity contribution in [1.82, 2.24) is 10.2 Å². The second kappa shape index (κ2) is 5.91. The maximum Gasteiger partial charge on any atom is 0.244 e. The quantitative estimate of drug-likeness (QED) is 0.787. The molecule has 0 aromatic heterocycles. The summed E-state index contributed by atoms with van der Waals surface area (Å²) in [7, 11) is 0. The van der Waals surface area contributed by atoms with E-state index in [-0.39, 0.29) is 11.7 Å². The van der Waals surface area contributed by atoms with E-state index in [1.807, 2.05) is 0 Å². The zero-order chi connectivity index (χ0) is 15.0. The van der Waals surface area contributed by atoms with Crippen LogP contribution in [-0.2, 0) is 4.79 Å². The van der Waals surface area contributed by atoms with Crippen molar-refractivity contribution in [2.45, 2.75) is 96.3 Å². The van der Waals surface area contributed by atoms with Gasteiger partial charge in [0.25, 0.3) is 0 Å². The summed E-state index contributed by atoms with van der Waals surface area (Å²) in [6.45, 7) is 6.88. The predicted octanol–water partition coefficient (Wildman–Crippen LogP) is 3.68. The van der Waals surface area contributed by atoms with E-state index in [2.05, 4.69) is 31.0 Å². The summed E-state index contributed by atoms with van der Waals surface area (Å²) in [5, 5.41) is 3.78. The SMILES string of the molecule is CC(C)C1NC2(CCCC2)C(=O)N1C1CCCCCC1C. The normalized spacial score (nSPS) is 36.7. The van der Waals surface area contributed by atoms with Gasteiger partial charge in [0.05, 0.1) is 11.7 Å². The molecule has 0 radical (unpaired) electrons. The fourth-order valence-corrected chi connectivity index (χ4v) is 4.86. The first-order valence-electron chi connectivity index (χ1n) is 9.16. The van der Waals surface area contributed by atoms with Gasteiger partial charge < -0.3 is 4.90 Å². The van der Waals surface area contributed by atoms with Crippen LogP contribution in [0.1, 0.15) is 78.6 Å². The van der Waals surface area contributed by atoms with E-state index in [9.17, 15) is 4.79 Å². The Morgan fingerprint density at radius 3 is 2.43 bits per heavy atom. The van der Waals surface area contributed by atoms with Gasteiger partial charge in [-0.15, -0.1) is 0 Å². The molecule has 1 spiro atoms. The van der Waals surface area contributed by atoms with E-state index in [4.69, 9.17) is 0 Å². The fourth-order valence-electron chi connectivity index (χ4n) is 4.86. The molecule has 3 unspecified atom stereocenters. The third kappa shape index (κ3) is 2.62. The number of rotatable bonds is 2. The first kappa shape index (κ1) is 15.3. The van der Waals surface area contributed by atoms with Crippen LogP contribution in [0.5, 0.6) is 0 Å².